The van der Waals surface area contributed by atoms with Crippen LogP contribution in [0.4, 0.5) is 0 Å². The fraction of sp³-hybridized carbons (Fsp3) is 0.923. The summed E-state index contributed by atoms with van der Waals surface area (Å²) in [6.45, 7) is 5.21. The molecule has 1 unspecified atom stereocenters. The van der Waals surface area contributed by atoms with Gasteiger partial charge in [0.25, 0.3) is 0 Å². The zero-order valence-electron chi connectivity index (χ0n) is 10.2. The van der Waals surface area contributed by atoms with Crippen LogP contribution in [-0.4, -0.2) is 35.6 Å². The number of aliphatic carboxylic acids is 1. The van der Waals surface area contributed by atoms with E-state index in [1.807, 2.05) is 0 Å². The molecule has 1 atom stereocenters. The summed E-state index contributed by atoms with van der Waals surface area (Å²) in [4.78, 5) is 13.1. The average molecular weight is 225 g/mol. The second-order valence-corrected chi connectivity index (χ2v) is 5.80. The molecule has 0 aromatic carbocycles. The lowest BCUT2D eigenvalue weighted by molar-refractivity contribution is -0.141. The number of hydrogen-bond acceptors (Lipinski definition) is 2. The van der Waals surface area contributed by atoms with Crippen LogP contribution in [0.3, 0.4) is 0 Å². The summed E-state index contributed by atoms with van der Waals surface area (Å²) in [5.41, 5.74) is 0.630. The maximum absolute atomic E-state index is 10.7. The minimum absolute atomic E-state index is 0.192. The molecule has 16 heavy (non-hydrogen) atoms. The molecule has 1 aliphatic carbocycles. The first-order valence-corrected chi connectivity index (χ1v) is 6.56. The Morgan fingerprint density at radius 3 is 2.50 bits per heavy atom. The van der Waals surface area contributed by atoms with Crippen molar-refractivity contribution in [2.24, 2.45) is 11.3 Å². The van der Waals surface area contributed by atoms with Gasteiger partial charge in [0.15, 0.2) is 0 Å². The highest BCUT2D eigenvalue weighted by Gasteiger charge is 2.42. The third-order valence-corrected chi connectivity index (χ3v) is 4.33. The molecule has 1 heterocycles. The molecule has 1 saturated heterocycles. The van der Waals surface area contributed by atoms with Gasteiger partial charge in [0.05, 0.1) is 5.92 Å². The molecule has 1 spiro atoms. The molecule has 0 aromatic heterocycles. The van der Waals surface area contributed by atoms with Crippen LogP contribution in [0.1, 0.15) is 45.4 Å². The van der Waals surface area contributed by atoms with Gasteiger partial charge in [0.1, 0.15) is 0 Å². The number of carbonyl (C=O) groups is 1. The lowest BCUT2D eigenvalue weighted by Gasteiger charge is -2.52. The minimum atomic E-state index is -0.659. The summed E-state index contributed by atoms with van der Waals surface area (Å²) in [5.74, 6) is -0.851. The van der Waals surface area contributed by atoms with E-state index >= 15 is 0 Å². The number of likely N-dealkylation sites (tertiary alicyclic amines) is 1. The van der Waals surface area contributed by atoms with E-state index < -0.39 is 5.97 Å². The summed E-state index contributed by atoms with van der Waals surface area (Å²) >= 11 is 0. The molecule has 2 aliphatic rings. The largest absolute Gasteiger partial charge is 0.481 e. The van der Waals surface area contributed by atoms with E-state index in [0.29, 0.717) is 5.41 Å². The van der Waals surface area contributed by atoms with Gasteiger partial charge >= 0.3 is 5.97 Å². The van der Waals surface area contributed by atoms with Gasteiger partial charge in [-0.25, -0.2) is 0 Å². The summed E-state index contributed by atoms with van der Waals surface area (Å²) in [6, 6.07) is 0. The van der Waals surface area contributed by atoms with Gasteiger partial charge < -0.3 is 10.0 Å². The van der Waals surface area contributed by atoms with Gasteiger partial charge in [-0.05, 0) is 31.2 Å². The van der Waals surface area contributed by atoms with E-state index in [1.165, 1.54) is 45.2 Å². The smallest absolute Gasteiger partial charge is 0.306 e. The van der Waals surface area contributed by atoms with Gasteiger partial charge in [-0.1, -0.05) is 26.2 Å². The highest BCUT2D eigenvalue weighted by molar-refractivity contribution is 5.69. The van der Waals surface area contributed by atoms with Crippen molar-refractivity contribution in [3.8, 4) is 0 Å². The van der Waals surface area contributed by atoms with Crippen molar-refractivity contribution in [3.63, 3.8) is 0 Å². The fourth-order valence-electron chi connectivity index (χ4n) is 3.18. The van der Waals surface area contributed by atoms with Crippen LogP contribution in [0.25, 0.3) is 0 Å². The molecular formula is C13H23NO2. The van der Waals surface area contributed by atoms with Crippen molar-refractivity contribution in [2.75, 3.05) is 19.6 Å². The first-order valence-electron chi connectivity index (χ1n) is 6.56. The number of carboxylic acid groups (broad SMARTS) is 1. The first kappa shape index (κ1) is 11.9. The molecule has 3 heteroatoms. The van der Waals surface area contributed by atoms with E-state index in [-0.39, 0.29) is 5.92 Å². The zero-order chi connectivity index (χ0) is 11.6. The second-order valence-electron chi connectivity index (χ2n) is 5.80. The Hall–Kier alpha value is -0.570. The summed E-state index contributed by atoms with van der Waals surface area (Å²) in [7, 11) is 0. The van der Waals surface area contributed by atoms with E-state index in [4.69, 9.17) is 5.11 Å². The molecule has 0 aromatic rings. The molecule has 3 nitrogen and oxygen atoms in total. The second kappa shape index (κ2) is 4.74. The lowest BCUT2D eigenvalue weighted by atomic mass is 9.68. The summed E-state index contributed by atoms with van der Waals surface area (Å²) < 4.78 is 0. The standard InChI is InChI=1S/C13H23NO2/c1-11(12(15)16)5-8-14-9-13(10-14)6-3-2-4-7-13/h11H,2-10H2,1H3,(H,15,16). The van der Waals surface area contributed by atoms with Crippen LogP contribution in [0.15, 0.2) is 0 Å². The van der Waals surface area contributed by atoms with Crippen molar-refractivity contribution >= 4 is 5.97 Å². The van der Waals surface area contributed by atoms with Crippen molar-refractivity contribution in [1.29, 1.82) is 0 Å². The van der Waals surface area contributed by atoms with Gasteiger partial charge in [-0.15, -0.1) is 0 Å². The monoisotopic (exact) mass is 225 g/mol. The first-order chi connectivity index (χ1) is 7.61. The van der Waals surface area contributed by atoms with Crippen LogP contribution in [0.5, 0.6) is 0 Å². The molecule has 1 aliphatic heterocycles. The molecule has 92 valence electrons. The average Bonchev–Trinajstić information content (AvgIpc) is 2.24. The van der Waals surface area contributed by atoms with Crippen molar-refractivity contribution < 1.29 is 9.90 Å². The lowest BCUT2D eigenvalue weighted by Crippen LogP contribution is -2.57. The third kappa shape index (κ3) is 2.57. The van der Waals surface area contributed by atoms with Gasteiger partial charge in [0, 0.05) is 13.1 Å². The molecule has 1 N–H and O–H groups in total. The van der Waals surface area contributed by atoms with Crippen LogP contribution in [0, 0.1) is 11.3 Å². The van der Waals surface area contributed by atoms with Gasteiger partial charge in [0.2, 0.25) is 0 Å². The number of rotatable bonds is 4. The van der Waals surface area contributed by atoms with Gasteiger partial charge in [-0.3, -0.25) is 4.79 Å². The number of nitrogens with zero attached hydrogens (tertiary/aromatic N) is 1. The molecular weight excluding hydrogens is 202 g/mol. The fourth-order valence-corrected chi connectivity index (χ4v) is 3.18. The maximum atomic E-state index is 10.7. The highest BCUT2D eigenvalue weighted by Crippen LogP contribution is 2.43. The van der Waals surface area contributed by atoms with Crippen molar-refractivity contribution in [2.45, 2.75) is 45.4 Å². The quantitative estimate of drug-likeness (QED) is 0.798. The van der Waals surface area contributed by atoms with Crippen LogP contribution in [0.2, 0.25) is 0 Å². The Morgan fingerprint density at radius 2 is 1.94 bits per heavy atom. The predicted octanol–water partition coefficient (Wildman–Crippen LogP) is 2.36. The predicted molar refractivity (Wildman–Crippen MR) is 63.4 cm³/mol. The molecule has 2 fully saturated rings. The SMILES string of the molecule is CC(CCN1CC2(CCCCC2)C1)C(=O)O. The van der Waals surface area contributed by atoms with E-state index in [2.05, 4.69) is 4.90 Å². The van der Waals surface area contributed by atoms with Crippen LogP contribution >= 0.6 is 0 Å². The van der Waals surface area contributed by atoms with Crippen molar-refractivity contribution in [3.05, 3.63) is 0 Å². The third-order valence-electron chi connectivity index (χ3n) is 4.33. The molecule has 2 rings (SSSR count). The Balaban J connectivity index is 1.66. The Kier molecular flexibility index (Phi) is 3.53. The van der Waals surface area contributed by atoms with Crippen LogP contribution < -0.4 is 0 Å². The topological polar surface area (TPSA) is 40.5 Å². The zero-order valence-corrected chi connectivity index (χ0v) is 10.2. The van der Waals surface area contributed by atoms with Crippen molar-refractivity contribution in [1.82, 2.24) is 4.90 Å². The number of hydrogen-bond donors (Lipinski definition) is 1. The molecule has 0 radical (unpaired) electrons. The maximum Gasteiger partial charge on any atom is 0.306 e. The Labute approximate surface area is 97.8 Å². The Morgan fingerprint density at radius 1 is 1.31 bits per heavy atom. The van der Waals surface area contributed by atoms with Gasteiger partial charge in [-0.2, -0.15) is 0 Å². The molecule has 1 saturated carbocycles. The normalized spacial score (nSPS) is 26.3. The van der Waals surface area contributed by atoms with E-state index in [1.54, 1.807) is 6.92 Å². The van der Waals surface area contributed by atoms with E-state index in [9.17, 15) is 4.79 Å². The van der Waals surface area contributed by atoms with E-state index in [0.717, 1.165) is 13.0 Å². The minimum Gasteiger partial charge on any atom is -0.481 e. The Bertz CT molecular complexity index is 251. The summed E-state index contributed by atoms with van der Waals surface area (Å²) in [5, 5.41) is 8.81. The summed E-state index contributed by atoms with van der Waals surface area (Å²) in [6.07, 6.45) is 7.82. The number of carboxylic acids is 1. The highest BCUT2D eigenvalue weighted by atomic mass is 16.4. The van der Waals surface area contributed by atoms with Crippen LogP contribution in [-0.2, 0) is 4.79 Å². The molecule has 0 bridgehead atoms. The molecule has 0 amide bonds.